The average molecular weight is 308 g/mol. The monoisotopic (exact) mass is 308 g/mol. The molecule has 1 fully saturated rings. The Morgan fingerprint density at radius 1 is 1.00 bits per heavy atom. The Labute approximate surface area is 136 Å². The zero-order valence-electron chi connectivity index (χ0n) is 13.6. The Bertz CT molecular complexity index is 783. The average Bonchev–Trinajstić information content (AvgIpc) is 2.76. The third-order valence-corrected chi connectivity index (χ3v) is 4.11. The van der Waals surface area contributed by atoms with Crippen LogP contribution in [0.3, 0.4) is 0 Å². The van der Waals surface area contributed by atoms with Crippen LogP contribution in [0.15, 0.2) is 42.5 Å². The minimum atomic E-state index is -0.510. The third kappa shape index (κ3) is 2.97. The maximum atomic E-state index is 12.7. The number of carbonyl (C=O) groups excluding carboxylic acids is 2. The van der Waals surface area contributed by atoms with Crippen molar-refractivity contribution in [2.45, 2.75) is 33.2 Å². The maximum absolute atomic E-state index is 12.7. The Kier molecular flexibility index (Phi) is 3.90. The molecule has 0 saturated carbocycles. The molecule has 1 atom stereocenters. The summed E-state index contributed by atoms with van der Waals surface area (Å²) in [5, 5.41) is 3.18. The van der Waals surface area contributed by atoms with Gasteiger partial charge in [0.1, 0.15) is 6.04 Å². The molecule has 2 amide bonds. The molecule has 118 valence electrons. The summed E-state index contributed by atoms with van der Waals surface area (Å²) in [6.07, 6.45) is 0.181. The van der Waals surface area contributed by atoms with Gasteiger partial charge in [0.25, 0.3) is 5.91 Å². The lowest BCUT2D eigenvalue weighted by Crippen LogP contribution is -2.35. The molecular formula is C19H20N2O2. The number of hydrogen-bond donors (Lipinski definition) is 1. The summed E-state index contributed by atoms with van der Waals surface area (Å²) in [7, 11) is 0. The highest BCUT2D eigenvalue weighted by Gasteiger charge is 2.40. The van der Waals surface area contributed by atoms with E-state index in [0.717, 1.165) is 22.4 Å². The standard InChI is InChI=1S/C19H20N2O2/c1-12-5-4-6-15(9-12)20-16-11-18(22)21(19(16)23)17-10-13(2)7-8-14(17)3/h4-10,16,20H,11H2,1-3H3/t16-/m0/s1. The first-order chi connectivity index (χ1) is 11.0. The molecule has 4 nitrogen and oxygen atoms in total. The van der Waals surface area contributed by atoms with Crippen LogP contribution in [0.25, 0.3) is 0 Å². The Balaban J connectivity index is 1.87. The van der Waals surface area contributed by atoms with Gasteiger partial charge >= 0.3 is 0 Å². The minimum Gasteiger partial charge on any atom is -0.373 e. The van der Waals surface area contributed by atoms with Crippen molar-refractivity contribution in [2.75, 3.05) is 10.2 Å². The summed E-state index contributed by atoms with van der Waals surface area (Å²) in [5.74, 6) is -0.348. The van der Waals surface area contributed by atoms with Crippen molar-refractivity contribution >= 4 is 23.2 Å². The van der Waals surface area contributed by atoms with Gasteiger partial charge in [0.15, 0.2) is 0 Å². The van der Waals surface area contributed by atoms with Crippen LogP contribution in [0.1, 0.15) is 23.1 Å². The number of aryl methyl sites for hydroxylation is 3. The van der Waals surface area contributed by atoms with E-state index in [9.17, 15) is 9.59 Å². The molecule has 1 aliphatic heterocycles. The molecule has 1 N–H and O–H groups in total. The van der Waals surface area contributed by atoms with E-state index in [0.29, 0.717) is 5.69 Å². The van der Waals surface area contributed by atoms with Gasteiger partial charge < -0.3 is 5.32 Å². The van der Waals surface area contributed by atoms with Crippen molar-refractivity contribution in [3.63, 3.8) is 0 Å². The number of amides is 2. The fourth-order valence-electron chi connectivity index (χ4n) is 2.89. The molecule has 0 unspecified atom stereocenters. The van der Waals surface area contributed by atoms with E-state index >= 15 is 0 Å². The van der Waals surface area contributed by atoms with Crippen molar-refractivity contribution in [1.29, 1.82) is 0 Å². The van der Waals surface area contributed by atoms with Crippen LogP contribution in [-0.2, 0) is 9.59 Å². The number of benzene rings is 2. The van der Waals surface area contributed by atoms with Crippen LogP contribution in [0, 0.1) is 20.8 Å². The largest absolute Gasteiger partial charge is 0.373 e. The second-order valence-electron chi connectivity index (χ2n) is 6.13. The van der Waals surface area contributed by atoms with Gasteiger partial charge in [-0.25, -0.2) is 4.90 Å². The van der Waals surface area contributed by atoms with Crippen LogP contribution < -0.4 is 10.2 Å². The van der Waals surface area contributed by atoms with E-state index in [4.69, 9.17) is 0 Å². The summed E-state index contributed by atoms with van der Waals surface area (Å²) >= 11 is 0. The van der Waals surface area contributed by atoms with Crippen LogP contribution in [0.4, 0.5) is 11.4 Å². The van der Waals surface area contributed by atoms with Crippen molar-refractivity contribution in [3.05, 3.63) is 59.2 Å². The van der Waals surface area contributed by atoms with Gasteiger partial charge in [-0.15, -0.1) is 0 Å². The lowest BCUT2D eigenvalue weighted by molar-refractivity contribution is -0.121. The number of imide groups is 1. The molecule has 2 aromatic carbocycles. The van der Waals surface area contributed by atoms with E-state index in [1.807, 2.05) is 63.2 Å². The first kappa shape index (κ1) is 15.3. The molecule has 1 saturated heterocycles. The normalized spacial score (nSPS) is 17.7. The van der Waals surface area contributed by atoms with Crippen LogP contribution in [0.5, 0.6) is 0 Å². The van der Waals surface area contributed by atoms with E-state index < -0.39 is 6.04 Å². The van der Waals surface area contributed by atoms with Gasteiger partial charge in [0.05, 0.1) is 12.1 Å². The molecule has 3 rings (SSSR count). The number of hydrogen-bond acceptors (Lipinski definition) is 3. The smallest absolute Gasteiger partial charge is 0.256 e. The van der Waals surface area contributed by atoms with Gasteiger partial charge in [-0.05, 0) is 55.7 Å². The van der Waals surface area contributed by atoms with E-state index in [2.05, 4.69) is 5.32 Å². The topological polar surface area (TPSA) is 49.4 Å². The summed E-state index contributed by atoms with van der Waals surface area (Å²) in [6.45, 7) is 5.86. The highest BCUT2D eigenvalue weighted by atomic mass is 16.2. The highest BCUT2D eigenvalue weighted by Crippen LogP contribution is 2.28. The van der Waals surface area contributed by atoms with E-state index in [1.165, 1.54) is 4.90 Å². The van der Waals surface area contributed by atoms with Gasteiger partial charge in [-0.3, -0.25) is 9.59 Å². The number of carbonyl (C=O) groups is 2. The van der Waals surface area contributed by atoms with Gasteiger partial charge in [0, 0.05) is 5.69 Å². The first-order valence-electron chi connectivity index (χ1n) is 7.73. The van der Waals surface area contributed by atoms with Crippen molar-refractivity contribution in [1.82, 2.24) is 0 Å². The third-order valence-electron chi connectivity index (χ3n) is 4.11. The SMILES string of the molecule is Cc1cccc(N[C@H]2CC(=O)N(c3cc(C)ccc3C)C2=O)c1. The molecule has 1 aliphatic rings. The van der Waals surface area contributed by atoms with E-state index in [1.54, 1.807) is 0 Å². The predicted molar refractivity (Wildman–Crippen MR) is 91.6 cm³/mol. The lowest BCUT2D eigenvalue weighted by atomic mass is 10.1. The Hall–Kier alpha value is -2.62. The van der Waals surface area contributed by atoms with Crippen molar-refractivity contribution < 1.29 is 9.59 Å². The first-order valence-corrected chi connectivity index (χ1v) is 7.73. The zero-order chi connectivity index (χ0) is 16.6. The van der Waals surface area contributed by atoms with Gasteiger partial charge in [-0.1, -0.05) is 24.3 Å². The van der Waals surface area contributed by atoms with E-state index in [-0.39, 0.29) is 18.2 Å². The number of rotatable bonds is 3. The maximum Gasteiger partial charge on any atom is 0.256 e. The Morgan fingerprint density at radius 3 is 2.48 bits per heavy atom. The minimum absolute atomic E-state index is 0.158. The van der Waals surface area contributed by atoms with Crippen molar-refractivity contribution in [2.24, 2.45) is 0 Å². The second-order valence-corrected chi connectivity index (χ2v) is 6.13. The van der Waals surface area contributed by atoms with Crippen molar-refractivity contribution in [3.8, 4) is 0 Å². The molecule has 0 spiro atoms. The summed E-state index contributed by atoms with van der Waals surface area (Å²) in [4.78, 5) is 26.4. The quantitative estimate of drug-likeness (QED) is 0.885. The van der Waals surface area contributed by atoms with Gasteiger partial charge in [-0.2, -0.15) is 0 Å². The predicted octanol–water partition coefficient (Wildman–Crippen LogP) is 3.36. The molecule has 0 aromatic heterocycles. The summed E-state index contributed by atoms with van der Waals surface area (Å²) in [6, 6.07) is 13.1. The number of nitrogens with zero attached hydrogens (tertiary/aromatic N) is 1. The Morgan fingerprint density at radius 2 is 1.74 bits per heavy atom. The molecule has 1 heterocycles. The highest BCUT2D eigenvalue weighted by molar-refractivity contribution is 6.23. The molecule has 4 heteroatoms. The molecule has 0 aliphatic carbocycles. The second kappa shape index (κ2) is 5.88. The molecule has 0 bridgehead atoms. The van der Waals surface area contributed by atoms with Crippen LogP contribution >= 0.6 is 0 Å². The number of anilines is 2. The summed E-state index contributed by atoms with van der Waals surface area (Å²) < 4.78 is 0. The van der Waals surface area contributed by atoms with Gasteiger partial charge in [0.2, 0.25) is 5.91 Å². The summed E-state index contributed by atoms with van der Waals surface area (Å²) in [5.41, 5.74) is 4.61. The fraction of sp³-hybridized carbons (Fsp3) is 0.263. The molecule has 2 aromatic rings. The number of nitrogens with one attached hydrogen (secondary N) is 1. The zero-order valence-corrected chi connectivity index (χ0v) is 13.6. The fourth-order valence-corrected chi connectivity index (χ4v) is 2.89. The molecule has 0 radical (unpaired) electrons. The molecule has 23 heavy (non-hydrogen) atoms. The van der Waals surface area contributed by atoms with Crippen LogP contribution in [0.2, 0.25) is 0 Å². The molecular weight excluding hydrogens is 288 g/mol. The lowest BCUT2D eigenvalue weighted by Gasteiger charge is -2.18. The van der Waals surface area contributed by atoms with Crippen LogP contribution in [-0.4, -0.2) is 17.9 Å².